The van der Waals surface area contributed by atoms with E-state index in [-0.39, 0.29) is 24.0 Å². The smallest absolute Gasteiger partial charge is 0.295 e. The van der Waals surface area contributed by atoms with E-state index in [1.807, 2.05) is 26.8 Å². The third-order valence-corrected chi connectivity index (χ3v) is 5.33. The van der Waals surface area contributed by atoms with Gasteiger partial charge in [-0.3, -0.25) is 9.59 Å². The molecule has 7 heteroatoms. The highest BCUT2D eigenvalue weighted by molar-refractivity contribution is 6.46. The number of ketones is 1. The van der Waals surface area contributed by atoms with E-state index in [0.29, 0.717) is 29.9 Å². The Bertz CT molecular complexity index is 1030. The quantitative estimate of drug-likeness (QED) is 0.285. The summed E-state index contributed by atoms with van der Waals surface area (Å²) in [5.41, 5.74) is 1.66. The number of methoxy groups -OCH3 is 1. The molecule has 1 aliphatic heterocycles. The van der Waals surface area contributed by atoms with Gasteiger partial charge in [0.25, 0.3) is 11.7 Å². The van der Waals surface area contributed by atoms with Crippen molar-refractivity contribution in [3.63, 3.8) is 0 Å². The Morgan fingerprint density at radius 3 is 2.47 bits per heavy atom. The molecule has 0 spiro atoms. The molecular formula is C25H28FNO5. The number of nitrogens with zero attached hydrogens (tertiary/aromatic N) is 1. The van der Waals surface area contributed by atoms with Gasteiger partial charge in [-0.15, -0.1) is 0 Å². The van der Waals surface area contributed by atoms with E-state index in [0.717, 1.165) is 5.56 Å². The van der Waals surface area contributed by atoms with Crippen molar-refractivity contribution < 1.29 is 28.6 Å². The number of carbonyl (C=O) groups excluding carboxylic acids is 2. The Balaban J connectivity index is 2.09. The lowest BCUT2D eigenvalue weighted by molar-refractivity contribution is -0.140. The number of hydrogen-bond acceptors (Lipinski definition) is 5. The summed E-state index contributed by atoms with van der Waals surface area (Å²) in [6.07, 6.45) is 0.559. The van der Waals surface area contributed by atoms with Gasteiger partial charge >= 0.3 is 0 Å². The fraction of sp³-hybridized carbons (Fsp3) is 0.360. The molecule has 1 amide bonds. The lowest BCUT2D eigenvalue weighted by Crippen LogP contribution is -2.31. The van der Waals surface area contributed by atoms with Crippen LogP contribution < -0.4 is 4.74 Å². The number of rotatable bonds is 8. The SMILES string of the molecule is COc1ccc(C)cc1/C(O)=C1\C(=O)C(=O)N(CCCOC(C)C)C1c1ccc(F)cc1. The van der Waals surface area contributed by atoms with Gasteiger partial charge in [0, 0.05) is 13.2 Å². The van der Waals surface area contributed by atoms with Crippen molar-refractivity contribution >= 4 is 17.4 Å². The first-order chi connectivity index (χ1) is 15.2. The third-order valence-electron chi connectivity index (χ3n) is 5.33. The summed E-state index contributed by atoms with van der Waals surface area (Å²) in [6, 6.07) is 9.93. The van der Waals surface area contributed by atoms with Gasteiger partial charge in [0.1, 0.15) is 17.3 Å². The van der Waals surface area contributed by atoms with Crippen LogP contribution in [0.4, 0.5) is 4.39 Å². The van der Waals surface area contributed by atoms with Crippen LogP contribution in [0.15, 0.2) is 48.0 Å². The topological polar surface area (TPSA) is 76.1 Å². The minimum Gasteiger partial charge on any atom is -0.507 e. The van der Waals surface area contributed by atoms with E-state index in [4.69, 9.17) is 9.47 Å². The van der Waals surface area contributed by atoms with Gasteiger partial charge in [0.05, 0.1) is 30.4 Å². The lowest BCUT2D eigenvalue weighted by Gasteiger charge is -2.25. The van der Waals surface area contributed by atoms with Crippen LogP contribution in [0.3, 0.4) is 0 Å². The minimum atomic E-state index is -0.847. The van der Waals surface area contributed by atoms with E-state index in [1.165, 1.54) is 36.3 Å². The molecule has 3 rings (SSSR count). The summed E-state index contributed by atoms with van der Waals surface area (Å²) in [7, 11) is 1.46. The van der Waals surface area contributed by atoms with E-state index in [9.17, 15) is 19.1 Å². The van der Waals surface area contributed by atoms with Gasteiger partial charge in [0.15, 0.2) is 0 Å². The molecule has 1 atom stereocenters. The summed E-state index contributed by atoms with van der Waals surface area (Å²) < 4.78 is 24.5. The summed E-state index contributed by atoms with van der Waals surface area (Å²) in [4.78, 5) is 27.4. The predicted octanol–water partition coefficient (Wildman–Crippen LogP) is 4.38. The monoisotopic (exact) mass is 441 g/mol. The Morgan fingerprint density at radius 1 is 1.16 bits per heavy atom. The van der Waals surface area contributed by atoms with E-state index in [1.54, 1.807) is 12.1 Å². The highest BCUT2D eigenvalue weighted by Crippen LogP contribution is 2.41. The second-order valence-corrected chi connectivity index (χ2v) is 8.02. The first-order valence-electron chi connectivity index (χ1n) is 10.5. The summed E-state index contributed by atoms with van der Waals surface area (Å²) in [5, 5.41) is 11.2. The van der Waals surface area contributed by atoms with Gasteiger partial charge in [0.2, 0.25) is 0 Å². The molecule has 0 saturated carbocycles. The maximum absolute atomic E-state index is 13.6. The maximum Gasteiger partial charge on any atom is 0.295 e. The molecule has 32 heavy (non-hydrogen) atoms. The third kappa shape index (κ3) is 4.83. The van der Waals surface area contributed by atoms with Crippen molar-refractivity contribution in [2.24, 2.45) is 0 Å². The zero-order chi connectivity index (χ0) is 23.4. The minimum absolute atomic E-state index is 0.0460. The molecular weight excluding hydrogens is 413 g/mol. The average molecular weight is 441 g/mol. The Morgan fingerprint density at radius 2 is 1.84 bits per heavy atom. The molecule has 1 aliphatic rings. The van der Waals surface area contributed by atoms with Gasteiger partial charge in [-0.25, -0.2) is 4.39 Å². The number of carbonyl (C=O) groups is 2. The van der Waals surface area contributed by atoms with Gasteiger partial charge in [-0.2, -0.15) is 0 Å². The highest BCUT2D eigenvalue weighted by atomic mass is 19.1. The zero-order valence-corrected chi connectivity index (χ0v) is 18.7. The number of aliphatic hydroxyl groups is 1. The molecule has 1 saturated heterocycles. The fourth-order valence-electron chi connectivity index (χ4n) is 3.81. The predicted molar refractivity (Wildman–Crippen MR) is 119 cm³/mol. The van der Waals surface area contributed by atoms with Crippen LogP contribution in [0.5, 0.6) is 5.75 Å². The number of benzene rings is 2. The molecule has 1 unspecified atom stereocenters. The Labute approximate surface area is 187 Å². The molecule has 2 aromatic carbocycles. The van der Waals surface area contributed by atoms with Crippen molar-refractivity contribution in [3.05, 3.63) is 70.5 Å². The molecule has 0 radical (unpaired) electrons. The molecule has 1 N–H and O–H groups in total. The van der Waals surface area contributed by atoms with Crippen LogP contribution >= 0.6 is 0 Å². The van der Waals surface area contributed by atoms with Crippen molar-refractivity contribution in [2.45, 2.75) is 39.3 Å². The van der Waals surface area contributed by atoms with E-state index < -0.39 is 23.5 Å². The van der Waals surface area contributed by atoms with Crippen LogP contribution in [-0.2, 0) is 14.3 Å². The summed E-state index contributed by atoms with van der Waals surface area (Å²) in [5.74, 6) is -1.87. The summed E-state index contributed by atoms with van der Waals surface area (Å²) >= 11 is 0. The number of amides is 1. The summed E-state index contributed by atoms with van der Waals surface area (Å²) in [6.45, 7) is 6.35. The van der Waals surface area contributed by atoms with Gasteiger partial charge in [-0.05, 0) is 57.0 Å². The van der Waals surface area contributed by atoms with Crippen molar-refractivity contribution in [1.29, 1.82) is 0 Å². The van der Waals surface area contributed by atoms with Crippen LogP contribution in [0.2, 0.25) is 0 Å². The van der Waals surface area contributed by atoms with Crippen molar-refractivity contribution in [2.75, 3.05) is 20.3 Å². The van der Waals surface area contributed by atoms with Gasteiger partial charge < -0.3 is 19.5 Å². The molecule has 0 bridgehead atoms. The molecule has 0 aliphatic carbocycles. The highest BCUT2D eigenvalue weighted by Gasteiger charge is 2.46. The number of Topliss-reactive ketones (excluding diaryl/α,β-unsaturated/α-hetero) is 1. The molecule has 170 valence electrons. The molecule has 2 aromatic rings. The maximum atomic E-state index is 13.6. The first kappa shape index (κ1) is 23.5. The zero-order valence-electron chi connectivity index (χ0n) is 18.7. The van der Waals surface area contributed by atoms with E-state index in [2.05, 4.69) is 0 Å². The fourth-order valence-corrected chi connectivity index (χ4v) is 3.81. The van der Waals surface area contributed by atoms with Crippen molar-refractivity contribution in [1.82, 2.24) is 4.90 Å². The van der Waals surface area contributed by atoms with Gasteiger partial charge in [-0.1, -0.05) is 23.8 Å². The number of ether oxygens (including phenoxy) is 2. The average Bonchev–Trinajstić information content (AvgIpc) is 3.01. The molecule has 6 nitrogen and oxygen atoms in total. The number of likely N-dealkylation sites (tertiary alicyclic amines) is 1. The first-order valence-corrected chi connectivity index (χ1v) is 10.5. The van der Waals surface area contributed by atoms with Crippen LogP contribution in [-0.4, -0.2) is 48.1 Å². The molecule has 1 heterocycles. The second kappa shape index (κ2) is 9.96. The van der Waals surface area contributed by atoms with Crippen LogP contribution in [0, 0.1) is 12.7 Å². The Kier molecular flexibility index (Phi) is 7.30. The Hall–Kier alpha value is -3.19. The van der Waals surface area contributed by atoms with Crippen LogP contribution in [0.25, 0.3) is 5.76 Å². The number of aliphatic hydroxyl groups excluding tert-OH is 1. The number of aryl methyl sites for hydroxylation is 1. The van der Waals surface area contributed by atoms with E-state index >= 15 is 0 Å². The van der Waals surface area contributed by atoms with Crippen molar-refractivity contribution in [3.8, 4) is 5.75 Å². The van der Waals surface area contributed by atoms with Crippen LogP contribution in [0.1, 0.15) is 43.0 Å². The number of halogens is 1. The molecule has 1 fully saturated rings. The standard InChI is InChI=1S/C25H28FNO5/c1-15(2)32-13-5-12-27-22(17-7-9-18(26)10-8-17)21(24(29)25(27)30)23(28)19-14-16(3)6-11-20(19)31-4/h6-11,14-15,22,28H,5,12-13H2,1-4H3/b23-21+. The lowest BCUT2D eigenvalue weighted by atomic mass is 9.94. The second-order valence-electron chi connectivity index (χ2n) is 8.02. The number of hydrogen-bond donors (Lipinski definition) is 1. The molecule has 0 aromatic heterocycles. The largest absolute Gasteiger partial charge is 0.507 e. The normalized spacial score (nSPS) is 17.9.